The molecule has 0 atom stereocenters. The first-order chi connectivity index (χ1) is 3.56. The summed E-state index contributed by atoms with van der Waals surface area (Å²) in [5, 5.41) is 0. The zero-order valence-electron chi connectivity index (χ0n) is 7.08. The smallest absolute Gasteiger partial charge is 0.331 e. The zero-order valence-corrected chi connectivity index (χ0v) is 8.08. The van der Waals surface area contributed by atoms with Gasteiger partial charge in [-0.05, 0) is 8.07 Å². The Balaban J connectivity index is 0. The van der Waals surface area contributed by atoms with E-state index in [0.29, 0.717) is 0 Å². The van der Waals surface area contributed by atoms with Crippen LogP contribution in [-0.2, 0) is 0 Å². The molecule has 0 rings (SSSR count). The van der Waals surface area contributed by atoms with E-state index >= 15 is 0 Å². The summed E-state index contributed by atoms with van der Waals surface area (Å²) in [5.74, 6) is 5.83. The van der Waals surface area contributed by atoms with E-state index in [-0.39, 0.29) is 18.9 Å². The fraction of sp³-hybridized carbons (Fsp3) is 0.571. The van der Waals surface area contributed by atoms with Gasteiger partial charge in [0.1, 0.15) is 0 Å². The molecule has 0 bridgehead atoms. The van der Waals surface area contributed by atoms with Gasteiger partial charge in [-0.25, -0.2) is 0 Å². The molecule has 2 heteroatoms. The van der Waals surface area contributed by atoms with Gasteiger partial charge in [-0.15, -0.1) is 0 Å². The number of hydrogen-bond donors (Lipinski definition) is 0. The summed E-state index contributed by atoms with van der Waals surface area (Å²) in [7, 11) is -0.977. The zero-order chi connectivity index (χ0) is 6.62. The van der Waals surface area contributed by atoms with Crippen LogP contribution >= 0.6 is 0 Å². The maximum atomic E-state index is 2.97. The van der Waals surface area contributed by atoms with Gasteiger partial charge in [-0.3, -0.25) is 5.92 Å². The Bertz CT molecular complexity index is 113. The van der Waals surface area contributed by atoms with Crippen LogP contribution in [0.3, 0.4) is 0 Å². The van der Waals surface area contributed by atoms with E-state index in [4.69, 9.17) is 0 Å². The van der Waals surface area contributed by atoms with Crippen LogP contribution in [0.15, 0.2) is 0 Å². The summed E-state index contributed by atoms with van der Waals surface area (Å²) in [6.45, 7) is 8.70. The number of hydrogen-bond acceptors (Lipinski definition) is 0. The van der Waals surface area contributed by atoms with Crippen LogP contribution in [0.1, 0.15) is 6.92 Å². The molecule has 0 nitrogen and oxygen atoms in total. The van der Waals surface area contributed by atoms with E-state index in [2.05, 4.69) is 37.5 Å². The van der Waals surface area contributed by atoms with Crippen molar-refractivity contribution in [2.45, 2.75) is 26.6 Å². The van der Waals surface area contributed by atoms with E-state index < -0.39 is 8.07 Å². The van der Waals surface area contributed by atoms with Crippen LogP contribution in [0, 0.1) is 17.9 Å². The second kappa shape index (κ2) is 5.06. The molecule has 0 unspecified atom stereocenters. The SMILES string of the molecule is CC#C[CH-][Si](C)(C)C.[Li+]. The third-order valence-electron chi connectivity index (χ3n) is 0.650. The summed E-state index contributed by atoms with van der Waals surface area (Å²) in [6, 6.07) is 2.15. The predicted octanol–water partition coefficient (Wildman–Crippen LogP) is -0.905. The van der Waals surface area contributed by atoms with Gasteiger partial charge < -0.3 is 5.92 Å². The molecule has 0 spiro atoms. The summed E-state index contributed by atoms with van der Waals surface area (Å²) >= 11 is 0. The largest absolute Gasteiger partial charge is 1.00 e. The first kappa shape index (κ1) is 12.0. The number of rotatable bonds is 1. The van der Waals surface area contributed by atoms with Crippen molar-refractivity contribution in [1.29, 1.82) is 0 Å². The monoisotopic (exact) mass is 132 g/mol. The topological polar surface area (TPSA) is 0 Å². The molecule has 0 fully saturated rings. The first-order valence-electron chi connectivity index (χ1n) is 2.83. The third kappa shape index (κ3) is 11.7. The van der Waals surface area contributed by atoms with Gasteiger partial charge in [0.2, 0.25) is 0 Å². The van der Waals surface area contributed by atoms with Crippen molar-refractivity contribution in [2.24, 2.45) is 0 Å². The van der Waals surface area contributed by atoms with Crippen molar-refractivity contribution in [3.63, 3.8) is 0 Å². The Hall–Kier alpha value is 0.244. The molecule has 0 aromatic rings. The van der Waals surface area contributed by atoms with Crippen molar-refractivity contribution < 1.29 is 18.9 Å². The van der Waals surface area contributed by atoms with Crippen molar-refractivity contribution in [3.8, 4) is 11.8 Å². The van der Waals surface area contributed by atoms with Crippen molar-refractivity contribution >= 4 is 8.07 Å². The third-order valence-corrected chi connectivity index (χ3v) is 1.66. The Kier molecular flexibility index (Phi) is 6.74. The fourth-order valence-electron chi connectivity index (χ4n) is 0.289. The maximum Gasteiger partial charge on any atom is 1.00 e. The average molecular weight is 132 g/mol. The second-order valence-electron chi connectivity index (χ2n) is 2.90. The van der Waals surface area contributed by atoms with E-state index in [0.717, 1.165) is 0 Å². The van der Waals surface area contributed by atoms with E-state index in [1.807, 2.05) is 6.92 Å². The minimum Gasteiger partial charge on any atom is -0.331 e. The summed E-state index contributed by atoms with van der Waals surface area (Å²) in [6.07, 6.45) is 0. The molecular weight excluding hydrogens is 119 g/mol. The van der Waals surface area contributed by atoms with Gasteiger partial charge >= 0.3 is 18.9 Å². The van der Waals surface area contributed by atoms with Gasteiger partial charge in [0.25, 0.3) is 0 Å². The van der Waals surface area contributed by atoms with E-state index in [1.165, 1.54) is 0 Å². The van der Waals surface area contributed by atoms with Crippen LogP contribution in [0.5, 0.6) is 0 Å². The summed E-state index contributed by atoms with van der Waals surface area (Å²) in [5.41, 5.74) is 0. The normalized spacial score (nSPS) is 8.44. The molecule has 0 radical (unpaired) electrons. The van der Waals surface area contributed by atoms with Crippen LogP contribution in [0.2, 0.25) is 19.6 Å². The molecule has 9 heavy (non-hydrogen) atoms. The molecule has 0 aromatic heterocycles. The average Bonchev–Trinajstić information content (AvgIpc) is 1.59. The molecule has 46 valence electrons. The molecule has 0 saturated carbocycles. The molecule has 0 heterocycles. The van der Waals surface area contributed by atoms with Gasteiger partial charge in [-0.2, -0.15) is 6.04 Å². The predicted molar refractivity (Wildman–Crippen MR) is 41.1 cm³/mol. The molecule has 0 amide bonds. The summed E-state index contributed by atoms with van der Waals surface area (Å²) in [4.78, 5) is 0. The van der Waals surface area contributed by atoms with Crippen LogP contribution in [0.25, 0.3) is 0 Å². The van der Waals surface area contributed by atoms with Crippen LogP contribution in [0.4, 0.5) is 0 Å². The molecule has 0 aliphatic carbocycles. The van der Waals surface area contributed by atoms with Crippen LogP contribution < -0.4 is 18.9 Å². The molecule has 0 saturated heterocycles. The first-order valence-corrected chi connectivity index (χ1v) is 6.40. The van der Waals surface area contributed by atoms with E-state index in [1.54, 1.807) is 0 Å². The Morgan fingerprint density at radius 2 is 1.67 bits per heavy atom. The molecule has 0 aliphatic rings. The Morgan fingerprint density at radius 3 is 1.78 bits per heavy atom. The second-order valence-corrected chi connectivity index (χ2v) is 7.93. The quantitative estimate of drug-likeness (QED) is 0.246. The minimum atomic E-state index is -0.977. The van der Waals surface area contributed by atoms with E-state index in [9.17, 15) is 0 Å². The summed E-state index contributed by atoms with van der Waals surface area (Å²) < 4.78 is 0. The van der Waals surface area contributed by atoms with Gasteiger partial charge in [-0.1, -0.05) is 26.6 Å². The van der Waals surface area contributed by atoms with Crippen LogP contribution in [-0.4, -0.2) is 8.07 Å². The van der Waals surface area contributed by atoms with Crippen molar-refractivity contribution in [2.75, 3.05) is 0 Å². The Morgan fingerprint density at radius 1 is 1.22 bits per heavy atom. The minimum absolute atomic E-state index is 0. The maximum absolute atomic E-state index is 2.97. The standard InChI is InChI=1S/C7H13Si.Li/c1-5-6-7-8(2,3)4;/h7H,1-4H3;/q-1;+1. The fourth-order valence-corrected chi connectivity index (χ4v) is 0.866. The molecular formula is C7H13LiSi. The van der Waals surface area contributed by atoms with Crippen molar-refractivity contribution in [3.05, 3.63) is 6.04 Å². The van der Waals surface area contributed by atoms with Crippen molar-refractivity contribution in [1.82, 2.24) is 0 Å². The molecule has 0 aromatic carbocycles. The van der Waals surface area contributed by atoms with Gasteiger partial charge in [0.05, 0.1) is 0 Å². The van der Waals surface area contributed by atoms with Gasteiger partial charge in [0.15, 0.2) is 0 Å². The Labute approximate surface area is 71.6 Å². The van der Waals surface area contributed by atoms with Gasteiger partial charge in [0, 0.05) is 0 Å². The molecule has 0 aliphatic heterocycles. The molecule has 0 N–H and O–H groups in total.